The zero-order chi connectivity index (χ0) is 13.3. The van der Waals surface area contributed by atoms with Crippen LogP contribution in [0.3, 0.4) is 0 Å². The first-order valence-electron chi connectivity index (χ1n) is 6.39. The zero-order valence-electron chi connectivity index (χ0n) is 10.7. The molecule has 1 heterocycles. The van der Waals surface area contributed by atoms with Crippen molar-refractivity contribution in [1.29, 1.82) is 0 Å². The van der Waals surface area contributed by atoms with E-state index in [-0.39, 0.29) is 0 Å². The molecule has 0 amide bonds. The third kappa shape index (κ3) is 2.62. The Bertz CT molecular complexity index is 426. The van der Waals surface area contributed by atoms with Crippen LogP contribution in [-0.2, 0) is 12.6 Å². The lowest BCUT2D eigenvalue weighted by molar-refractivity contribution is -0.137. The molecule has 0 aromatic heterocycles. The molecule has 2 rings (SSSR count). The first-order valence-corrected chi connectivity index (χ1v) is 6.39. The molecule has 1 aromatic rings. The van der Waals surface area contributed by atoms with Gasteiger partial charge in [-0.1, -0.05) is 6.92 Å². The third-order valence-corrected chi connectivity index (χ3v) is 3.60. The summed E-state index contributed by atoms with van der Waals surface area (Å²) in [5.41, 5.74) is 0.932. The fourth-order valence-electron chi connectivity index (χ4n) is 2.52. The Morgan fingerprint density at radius 1 is 1.28 bits per heavy atom. The van der Waals surface area contributed by atoms with E-state index < -0.39 is 11.7 Å². The Morgan fingerprint density at radius 2 is 2.00 bits per heavy atom. The van der Waals surface area contributed by atoms with Gasteiger partial charge in [-0.05, 0) is 49.9 Å². The van der Waals surface area contributed by atoms with Crippen LogP contribution in [0.2, 0.25) is 0 Å². The Labute approximate surface area is 106 Å². The van der Waals surface area contributed by atoms with E-state index in [1.54, 1.807) is 0 Å². The van der Waals surface area contributed by atoms with Gasteiger partial charge in [-0.15, -0.1) is 0 Å². The minimum Gasteiger partial charge on any atom is -0.369 e. The molecule has 0 spiro atoms. The summed E-state index contributed by atoms with van der Waals surface area (Å²) in [6.45, 7) is 4.80. The van der Waals surface area contributed by atoms with Gasteiger partial charge in [0.25, 0.3) is 0 Å². The van der Waals surface area contributed by atoms with E-state index in [1.165, 1.54) is 12.1 Å². The zero-order valence-corrected chi connectivity index (χ0v) is 10.7. The van der Waals surface area contributed by atoms with Crippen molar-refractivity contribution < 1.29 is 13.2 Å². The van der Waals surface area contributed by atoms with Crippen LogP contribution in [0.1, 0.15) is 37.8 Å². The average Bonchev–Trinajstić information content (AvgIpc) is 2.73. The van der Waals surface area contributed by atoms with Gasteiger partial charge in [0.2, 0.25) is 0 Å². The summed E-state index contributed by atoms with van der Waals surface area (Å²) < 4.78 is 38.5. The highest BCUT2D eigenvalue weighted by atomic mass is 19.4. The van der Waals surface area contributed by atoms with Crippen LogP contribution in [0.15, 0.2) is 18.2 Å². The van der Waals surface area contributed by atoms with Crippen LogP contribution in [0.5, 0.6) is 0 Å². The van der Waals surface area contributed by atoms with Crippen molar-refractivity contribution in [2.75, 3.05) is 11.4 Å². The van der Waals surface area contributed by atoms with Crippen molar-refractivity contribution in [1.82, 2.24) is 0 Å². The average molecular weight is 257 g/mol. The molecule has 1 unspecified atom stereocenters. The van der Waals surface area contributed by atoms with Gasteiger partial charge in [0.05, 0.1) is 5.56 Å². The van der Waals surface area contributed by atoms with E-state index in [1.807, 2.05) is 13.0 Å². The van der Waals surface area contributed by atoms with Crippen molar-refractivity contribution in [3.05, 3.63) is 29.3 Å². The van der Waals surface area contributed by atoms with E-state index >= 15 is 0 Å². The Balaban J connectivity index is 2.41. The van der Waals surface area contributed by atoms with Gasteiger partial charge in [0, 0.05) is 18.3 Å². The molecule has 18 heavy (non-hydrogen) atoms. The molecule has 0 saturated carbocycles. The summed E-state index contributed by atoms with van der Waals surface area (Å²) in [6.07, 6.45) is -1.53. The van der Waals surface area contributed by atoms with E-state index in [0.717, 1.165) is 24.9 Å². The van der Waals surface area contributed by atoms with Gasteiger partial charge in [-0.3, -0.25) is 0 Å². The Hall–Kier alpha value is -1.19. The number of aryl methyl sites for hydroxylation is 1. The highest BCUT2D eigenvalue weighted by Crippen LogP contribution is 2.35. The quantitative estimate of drug-likeness (QED) is 0.765. The van der Waals surface area contributed by atoms with Gasteiger partial charge in [-0.25, -0.2) is 0 Å². The lowest BCUT2D eigenvalue weighted by Gasteiger charge is -2.25. The van der Waals surface area contributed by atoms with Crippen LogP contribution in [0.25, 0.3) is 0 Å². The smallest absolute Gasteiger partial charge is 0.369 e. The summed E-state index contributed by atoms with van der Waals surface area (Å²) in [5.74, 6) is 0. The molecular weight excluding hydrogens is 239 g/mol. The SMILES string of the molecule is CCc1cc(N2CCCC2C)cc(C(F)(F)F)c1. The standard InChI is InChI=1S/C14H18F3N/c1-3-11-7-12(14(15,16)17)9-13(8-11)18-6-4-5-10(18)2/h7-10H,3-6H2,1-2H3. The van der Waals surface area contributed by atoms with Crippen molar-refractivity contribution >= 4 is 5.69 Å². The molecule has 1 aromatic carbocycles. The Kier molecular flexibility index (Phi) is 3.55. The molecule has 1 fully saturated rings. The van der Waals surface area contributed by atoms with Crippen molar-refractivity contribution in [2.24, 2.45) is 0 Å². The second-order valence-electron chi connectivity index (χ2n) is 4.92. The second-order valence-corrected chi connectivity index (χ2v) is 4.92. The van der Waals surface area contributed by atoms with Gasteiger partial charge >= 0.3 is 6.18 Å². The topological polar surface area (TPSA) is 3.24 Å². The van der Waals surface area contributed by atoms with Crippen molar-refractivity contribution in [3.63, 3.8) is 0 Å². The molecule has 0 radical (unpaired) electrons. The van der Waals surface area contributed by atoms with E-state index in [2.05, 4.69) is 11.8 Å². The van der Waals surface area contributed by atoms with Gasteiger partial charge in [-0.2, -0.15) is 13.2 Å². The van der Waals surface area contributed by atoms with Gasteiger partial charge in [0.15, 0.2) is 0 Å². The fraction of sp³-hybridized carbons (Fsp3) is 0.571. The summed E-state index contributed by atoms with van der Waals surface area (Å²) in [5, 5.41) is 0. The normalized spacial score (nSPS) is 20.5. The number of anilines is 1. The largest absolute Gasteiger partial charge is 0.416 e. The van der Waals surface area contributed by atoms with Crippen LogP contribution < -0.4 is 4.90 Å². The first-order chi connectivity index (χ1) is 8.41. The molecule has 0 aliphatic carbocycles. The maximum absolute atomic E-state index is 12.8. The molecular formula is C14H18F3N. The summed E-state index contributed by atoms with van der Waals surface area (Å²) >= 11 is 0. The molecule has 0 bridgehead atoms. The number of hydrogen-bond donors (Lipinski definition) is 0. The highest BCUT2D eigenvalue weighted by molar-refractivity contribution is 5.53. The summed E-state index contributed by atoms with van der Waals surface area (Å²) in [6, 6.07) is 4.75. The maximum atomic E-state index is 12.8. The molecule has 1 saturated heterocycles. The molecule has 100 valence electrons. The number of alkyl halides is 3. The number of nitrogens with zero attached hydrogens (tertiary/aromatic N) is 1. The van der Waals surface area contributed by atoms with E-state index in [4.69, 9.17) is 0 Å². The lowest BCUT2D eigenvalue weighted by Crippen LogP contribution is -2.26. The number of hydrogen-bond acceptors (Lipinski definition) is 1. The van der Waals surface area contributed by atoms with E-state index in [9.17, 15) is 13.2 Å². The van der Waals surface area contributed by atoms with Crippen LogP contribution in [0, 0.1) is 0 Å². The lowest BCUT2D eigenvalue weighted by atomic mass is 10.1. The first kappa shape index (κ1) is 13.2. The molecule has 4 heteroatoms. The summed E-state index contributed by atoms with van der Waals surface area (Å²) in [7, 11) is 0. The van der Waals surface area contributed by atoms with Crippen LogP contribution in [-0.4, -0.2) is 12.6 Å². The Morgan fingerprint density at radius 3 is 2.50 bits per heavy atom. The van der Waals surface area contributed by atoms with Gasteiger partial charge < -0.3 is 4.90 Å². The minimum atomic E-state index is -4.26. The van der Waals surface area contributed by atoms with E-state index in [0.29, 0.717) is 18.2 Å². The number of benzene rings is 1. The molecule has 0 N–H and O–H groups in total. The predicted octanol–water partition coefficient (Wildman–Crippen LogP) is 4.26. The number of halogens is 3. The monoisotopic (exact) mass is 257 g/mol. The molecule has 1 atom stereocenters. The van der Waals surface area contributed by atoms with Crippen molar-refractivity contribution in [3.8, 4) is 0 Å². The predicted molar refractivity (Wildman–Crippen MR) is 66.9 cm³/mol. The van der Waals surface area contributed by atoms with Crippen LogP contribution in [0.4, 0.5) is 18.9 Å². The van der Waals surface area contributed by atoms with Gasteiger partial charge in [0.1, 0.15) is 0 Å². The fourth-order valence-corrected chi connectivity index (χ4v) is 2.52. The molecule has 1 aliphatic heterocycles. The van der Waals surface area contributed by atoms with Crippen LogP contribution >= 0.6 is 0 Å². The third-order valence-electron chi connectivity index (χ3n) is 3.60. The van der Waals surface area contributed by atoms with Crippen molar-refractivity contribution in [2.45, 2.75) is 45.3 Å². The minimum absolute atomic E-state index is 0.332. The number of rotatable bonds is 2. The maximum Gasteiger partial charge on any atom is 0.416 e. The molecule has 1 aliphatic rings. The molecule has 1 nitrogen and oxygen atoms in total. The summed E-state index contributed by atoms with van der Waals surface area (Å²) in [4.78, 5) is 2.08. The highest BCUT2D eigenvalue weighted by Gasteiger charge is 2.32. The second kappa shape index (κ2) is 4.82.